The number of nitrogens with zero attached hydrogens (tertiary/aromatic N) is 2. The Labute approximate surface area is 129 Å². The van der Waals surface area contributed by atoms with Gasteiger partial charge in [-0.3, -0.25) is 0 Å². The van der Waals surface area contributed by atoms with Crippen LogP contribution in [0.15, 0.2) is 63.9 Å². The van der Waals surface area contributed by atoms with E-state index < -0.39 is 10.0 Å². The van der Waals surface area contributed by atoms with Crippen LogP contribution in [0.4, 0.5) is 0 Å². The number of sulfonamides is 1. The first kappa shape index (κ1) is 14.7. The fraction of sp³-hybridized carbons (Fsp3) is 0.188. The van der Waals surface area contributed by atoms with E-state index in [-0.39, 0.29) is 11.5 Å². The van der Waals surface area contributed by atoms with Gasteiger partial charge in [0, 0.05) is 18.7 Å². The van der Waals surface area contributed by atoms with E-state index in [2.05, 4.69) is 4.40 Å². The van der Waals surface area contributed by atoms with Gasteiger partial charge in [0.2, 0.25) is 0 Å². The highest BCUT2D eigenvalue weighted by atomic mass is 32.2. The molecule has 1 heterocycles. The standard InChI is InChI=1S/C16H16N2O3S/c19-11-10-18(12-13-6-2-1-3-7-13)16-14-8-4-5-9-15(14)22(20,21)17-16/h1-9,19H,10-12H2. The molecule has 0 unspecified atom stereocenters. The average molecular weight is 316 g/mol. The van der Waals surface area contributed by atoms with E-state index in [0.29, 0.717) is 24.5 Å². The molecule has 0 radical (unpaired) electrons. The van der Waals surface area contributed by atoms with Crippen LogP contribution in [0.2, 0.25) is 0 Å². The van der Waals surface area contributed by atoms with Gasteiger partial charge in [-0.15, -0.1) is 4.40 Å². The molecule has 5 nitrogen and oxygen atoms in total. The Morgan fingerprint density at radius 3 is 2.41 bits per heavy atom. The van der Waals surface area contributed by atoms with E-state index in [9.17, 15) is 13.5 Å². The molecule has 0 aromatic heterocycles. The molecular weight excluding hydrogens is 300 g/mol. The van der Waals surface area contributed by atoms with Crippen molar-refractivity contribution in [2.24, 2.45) is 4.40 Å². The Morgan fingerprint density at radius 1 is 1.00 bits per heavy atom. The van der Waals surface area contributed by atoms with Crippen molar-refractivity contribution in [3.8, 4) is 0 Å². The van der Waals surface area contributed by atoms with Crippen LogP contribution < -0.4 is 0 Å². The van der Waals surface area contributed by atoms with Gasteiger partial charge in [0.15, 0.2) is 5.84 Å². The summed E-state index contributed by atoms with van der Waals surface area (Å²) in [4.78, 5) is 2.01. The highest BCUT2D eigenvalue weighted by molar-refractivity contribution is 7.90. The van der Waals surface area contributed by atoms with E-state index >= 15 is 0 Å². The first-order chi connectivity index (χ1) is 10.6. The zero-order valence-electron chi connectivity index (χ0n) is 11.9. The van der Waals surface area contributed by atoms with Crippen LogP contribution in [0.25, 0.3) is 0 Å². The molecule has 0 bridgehead atoms. The largest absolute Gasteiger partial charge is 0.395 e. The van der Waals surface area contributed by atoms with Crippen molar-refractivity contribution in [2.75, 3.05) is 13.2 Å². The van der Waals surface area contributed by atoms with Crippen LogP contribution in [0.3, 0.4) is 0 Å². The lowest BCUT2D eigenvalue weighted by Crippen LogP contribution is -2.33. The van der Waals surface area contributed by atoms with Crippen molar-refractivity contribution in [3.63, 3.8) is 0 Å². The lowest BCUT2D eigenvalue weighted by Gasteiger charge is -2.23. The molecule has 2 aromatic rings. The summed E-state index contributed by atoms with van der Waals surface area (Å²) in [6.07, 6.45) is 0. The molecular formula is C16H16N2O3S. The van der Waals surface area contributed by atoms with E-state index in [1.807, 2.05) is 30.3 Å². The molecule has 0 spiro atoms. The second-order valence-corrected chi connectivity index (χ2v) is 6.59. The number of amidine groups is 1. The van der Waals surface area contributed by atoms with E-state index in [4.69, 9.17) is 0 Å². The third kappa shape index (κ3) is 2.75. The Morgan fingerprint density at radius 2 is 1.68 bits per heavy atom. The molecule has 0 fully saturated rings. The maximum Gasteiger partial charge on any atom is 0.285 e. The van der Waals surface area contributed by atoms with Crippen LogP contribution in [0.5, 0.6) is 0 Å². The minimum absolute atomic E-state index is 0.0753. The Hall–Kier alpha value is -2.18. The monoisotopic (exact) mass is 316 g/mol. The number of fused-ring (bicyclic) bond motifs is 1. The second-order valence-electron chi connectivity index (χ2n) is 5.02. The summed E-state index contributed by atoms with van der Waals surface area (Å²) in [5, 5.41) is 9.31. The number of aliphatic hydroxyl groups is 1. The Bertz CT molecular complexity index is 801. The highest BCUT2D eigenvalue weighted by Gasteiger charge is 2.31. The SMILES string of the molecule is O=S1(=O)N=C(N(CCO)Cc2ccccc2)c2ccccc21. The molecule has 0 aliphatic carbocycles. The summed E-state index contributed by atoms with van der Waals surface area (Å²) in [6, 6.07) is 16.5. The van der Waals surface area contributed by atoms with Crippen molar-refractivity contribution >= 4 is 15.9 Å². The smallest absolute Gasteiger partial charge is 0.285 e. The summed E-state index contributed by atoms with van der Waals surface area (Å²) in [7, 11) is -3.65. The van der Waals surface area contributed by atoms with Gasteiger partial charge in [-0.2, -0.15) is 8.42 Å². The van der Waals surface area contributed by atoms with Crippen LogP contribution in [0, 0.1) is 0 Å². The molecule has 6 heteroatoms. The number of hydrogen-bond donors (Lipinski definition) is 1. The number of benzene rings is 2. The third-order valence-corrected chi connectivity index (χ3v) is 4.82. The second kappa shape index (κ2) is 5.90. The molecule has 3 rings (SSSR count). The molecule has 0 saturated carbocycles. The fourth-order valence-corrected chi connectivity index (χ4v) is 3.73. The van der Waals surface area contributed by atoms with Gasteiger partial charge in [0.1, 0.15) is 4.90 Å². The van der Waals surface area contributed by atoms with E-state index in [0.717, 1.165) is 5.56 Å². The zero-order chi connectivity index (χ0) is 15.6. The lowest BCUT2D eigenvalue weighted by atomic mass is 10.1. The number of aliphatic hydroxyl groups excluding tert-OH is 1. The predicted molar refractivity (Wildman–Crippen MR) is 84.1 cm³/mol. The predicted octanol–water partition coefficient (Wildman–Crippen LogP) is 1.63. The topological polar surface area (TPSA) is 70.0 Å². The molecule has 1 aliphatic rings. The van der Waals surface area contributed by atoms with Gasteiger partial charge in [-0.05, 0) is 17.7 Å². The summed E-state index contributed by atoms with van der Waals surface area (Å²) in [6.45, 7) is 0.732. The van der Waals surface area contributed by atoms with Gasteiger partial charge in [0.25, 0.3) is 10.0 Å². The van der Waals surface area contributed by atoms with Gasteiger partial charge >= 0.3 is 0 Å². The molecule has 0 amide bonds. The maximum absolute atomic E-state index is 12.1. The maximum atomic E-state index is 12.1. The molecule has 22 heavy (non-hydrogen) atoms. The quantitative estimate of drug-likeness (QED) is 0.931. The molecule has 2 aromatic carbocycles. The van der Waals surface area contributed by atoms with Crippen molar-refractivity contribution < 1.29 is 13.5 Å². The zero-order valence-corrected chi connectivity index (χ0v) is 12.7. The minimum Gasteiger partial charge on any atom is -0.395 e. The Kier molecular flexibility index (Phi) is 3.96. The van der Waals surface area contributed by atoms with E-state index in [1.165, 1.54) is 0 Å². The summed E-state index contributed by atoms with van der Waals surface area (Å²) in [5.41, 5.74) is 1.62. The van der Waals surface area contributed by atoms with E-state index in [1.54, 1.807) is 29.2 Å². The number of rotatable bonds is 4. The summed E-state index contributed by atoms with van der Waals surface area (Å²) >= 11 is 0. The summed E-state index contributed by atoms with van der Waals surface area (Å²) in [5.74, 6) is 0.397. The van der Waals surface area contributed by atoms with Crippen molar-refractivity contribution in [1.82, 2.24) is 4.90 Å². The third-order valence-electron chi connectivity index (χ3n) is 3.50. The van der Waals surface area contributed by atoms with Crippen LogP contribution >= 0.6 is 0 Å². The lowest BCUT2D eigenvalue weighted by molar-refractivity contribution is 0.247. The van der Waals surface area contributed by atoms with Crippen LogP contribution in [-0.4, -0.2) is 37.4 Å². The molecule has 0 atom stereocenters. The molecule has 114 valence electrons. The Balaban J connectivity index is 1.99. The first-order valence-electron chi connectivity index (χ1n) is 6.96. The molecule has 1 aliphatic heterocycles. The first-order valence-corrected chi connectivity index (χ1v) is 8.40. The minimum atomic E-state index is -3.65. The van der Waals surface area contributed by atoms with Crippen LogP contribution in [0.1, 0.15) is 11.1 Å². The van der Waals surface area contributed by atoms with Crippen molar-refractivity contribution in [3.05, 3.63) is 65.7 Å². The van der Waals surface area contributed by atoms with Gasteiger partial charge in [0.05, 0.1) is 6.61 Å². The fourth-order valence-electron chi connectivity index (χ4n) is 2.50. The van der Waals surface area contributed by atoms with Gasteiger partial charge < -0.3 is 10.0 Å². The van der Waals surface area contributed by atoms with Crippen LogP contribution in [-0.2, 0) is 16.6 Å². The summed E-state index contributed by atoms with van der Waals surface area (Å²) < 4.78 is 28.2. The molecule has 0 saturated heterocycles. The average Bonchev–Trinajstić information content (AvgIpc) is 2.80. The number of hydrogen-bond acceptors (Lipinski definition) is 4. The van der Waals surface area contributed by atoms with Crippen molar-refractivity contribution in [2.45, 2.75) is 11.4 Å². The highest BCUT2D eigenvalue weighted by Crippen LogP contribution is 2.27. The normalized spacial score (nSPS) is 15.2. The van der Waals surface area contributed by atoms with Gasteiger partial charge in [-0.1, -0.05) is 42.5 Å². The molecule has 1 N–H and O–H groups in total. The van der Waals surface area contributed by atoms with Gasteiger partial charge in [-0.25, -0.2) is 0 Å². The van der Waals surface area contributed by atoms with Crippen molar-refractivity contribution in [1.29, 1.82) is 0 Å².